The highest BCUT2D eigenvalue weighted by Gasteiger charge is 2.45. The van der Waals surface area contributed by atoms with Crippen molar-refractivity contribution < 1.29 is 28.9 Å². The van der Waals surface area contributed by atoms with E-state index in [1.54, 1.807) is 12.1 Å². The molecule has 0 fully saturated rings. The Balaban J connectivity index is 2.14. The zero-order valence-electron chi connectivity index (χ0n) is 10.3. The van der Waals surface area contributed by atoms with E-state index in [0.29, 0.717) is 30.3 Å². The first-order valence-electron chi connectivity index (χ1n) is 5.89. The number of hydrogen-bond donors (Lipinski definition) is 1. The van der Waals surface area contributed by atoms with Crippen molar-refractivity contribution in [2.75, 3.05) is 13.2 Å². The van der Waals surface area contributed by atoms with Gasteiger partial charge in [-0.15, -0.1) is 0 Å². The van der Waals surface area contributed by atoms with Crippen LogP contribution in [0.2, 0.25) is 0 Å². The summed E-state index contributed by atoms with van der Waals surface area (Å²) < 4.78 is 16.4. The van der Waals surface area contributed by atoms with E-state index in [4.69, 9.17) is 14.2 Å². The Labute approximate surface area is 108 Å². The van der Waals surface area contributed by atoms with Gasteiger partial charge in [0.25, 0.3) is 0 Å². The Morgan fingerprint density at radius 1 is 1.26 bits per heavy atom. The first-order chi connectivity index (χ1) is 9.01. The van der Waals surface area contributed by atoms with E-state index >= 15 is 0 Å². The number of carboxylic acid groups (broad SMARTS) is 1. The van der Waals surface area contributed by atoms with E-state index in [1.165, 1.54) is 6.92 Å². The Morgan fingerprint density at radius 2 is 2.00 bits per heavy atom. The second kappa shape index (κ2) is 3.88. The normalized spacial score (nSPS) is 24.4. The molecule has 6 nitrogen and oxygen atoms in total. The van der Waals surface area contributed by atoms with Gasteiger partial charge >= 0.3 is 5.97 Å². The van der Waals surface area contributed by atoms with Crippen molar-refractivity contribution >= 4 is 11.8 Å². The third kappa shape index (κ3) is 1.71. The third-order valence-electron chi connectivity index (χ3n) is 3.24. The lowest BCUT2D eigenvalue weighted by Crippen LogP contribution is -2.46. The summed E-state index contributed by atoms with van der Waals surface area (Å²) in [7, 11) is 0. The first-order valence-corrected chi connectivity index (χ1v) is 5.89. The minimum absolute atomic E-state index is 0.165. The maximum atomic E-state index is 12.1. The molecule has 0 aromatic heterocycles. The molecular weight excluding hydrogens is 252 g/mol. The molecule has 3 rings (SSSR count). The van der Waals surface area contributed by atoms with Gasteiger partial charge in [-0.1, -0.05) is 0 Å². The Kier molecular flexibility index (Phi) is 2.41. The lowest BCUT2D eigenvalue weighted by atomic mass is 9.91. The molecule has 100 valence electrons. The van der Waals surface area contributed by atoms with Crippen LogP contribution in [0.5, 0.6) is 17.2 Å². The standard InChI is InChI=1S/C13H12O6/c1-13(12(15)16)6-8(14)7-2-3-9-11(10(7)19-13)18-5-4-17-9/h2-3H,4-6H2,1H3,(H,15,16). The Bertz CT molecular complexity index is 579. The highest BCUT2D eigenvalue weighted by molar-refractivity contribution is 6.04. The van der Waals surface area contributed by atoms with Gasteiger partial charge in [0.1, 0.15) is 13.2 Å². The third-order valence-corrected chi connectivity index (χ3v) is 3.24. The molecule has 0 amide bonds. The molecule has 0 saturated heterocycles. The molecular formula is C13H12O6. The SMILES string of the molecule is CC1(C(=O)O)CC(=O)c2ccc3c(c2O1)OCCO3. The van der Waals surface area contributed by atoms with Crippen LogP contribution in [-0.4, -0.2) is 35.7 Å². The van der Waals surface area contributed by atoms with Gasteiger partial charge in [0.2, 0.25) is 11.4 Å². The summed E-state index contributed by atoms with van der Waals surface area (Å²) in [5.74, 6) is -0.515. The molecule has 2 heterocycles. The molecule has 1 N–H and O–H groups in total. The van der Waals surface area contributed by atoms with E-state index in [0.717, 1.165) is 0 Å². The number of hydrogen-bond acceptors (Lipinski definition) is 5. The number of aliphatic carboxylic acids is 1. The predicted molar refractivity (Wildman–Crippen MR) is 63.0 cm³/mol. The molecule has 0 saturated carbocycles. The number of carbonyl (C=O) groups excluding carboxylic acids is 1. The quantitative estimate of drug-likeness (QED) is 0.822. The number of carboxylic acids is 1. The molecule has 0 spiro atoms. The molecule has 0 radical (unpaired) electrons. The molecule has 2 aliphatic heterocycles. The summed E-state index contributed by atoms with van der Waals surface area (Å²) in [4.78, 5) is 23.3. The van der Waals surface area contributed by atoms with Gasteiger partial charge in [0.05, 0.1) is 12.0 Å². The van der Waals surface area contributed by atoms with Crippen molar-refractivity contribution in [3.8, 4) is 17.2 Å². The van der Waals surface area contributed by atoms with Crippen molar-refractivity contribution in [2.45, 2.75) is 18.9 Å². The van der Waals surface area contributed by atoms with Gasteiger partial charge in [-0.05, 0) is 19.1 Å². The number of ether oxygens (including phenoxy) is 3. The second-order valence-electron chi connectivity index (χ2n) is 4.70. The first kappa shape index (κ1) is 11.8. The molecule has 1 aromatic carbocycles. The molecule has 0 bridgehead atoms. The van der Waals surface area contributed by atoms with Crippen molar-refractivity contribution in [3.63, 3.8) is 0 Å². The predicted octanol–water partition coefficient (Wildman–Crippen LogP) is 1.27. The summed E-state index contributed by atoms with van der Waals surface area (Å²) in [6.07, 6.45) is -0.199. The average molecular weight is 264 g/mol. The summed E-state index contributed by atoms with van der Waals surface area (Å²) in [5, 5.41) is 9.20. The van der Waals surface area contributed by atoms with Gasteiger partial charge in [0, 0.05) is 0 Å². The van der Waals surface area contributed by atoms with Crippen LogP contribution in [0.15, 0.2) is 12.1 Å². The molecule has 0 aliphatic carbocycles. The minimum atomic E-state index is -1.57. The maximum Gasteiger partial charge on any atom is 0.348 e. The van der Waals surface area contributed by atoms with Crippen LogP contribution < -0.4 is 14.2 Å². The zero-order valence-corrected chi connectivity index (χ0v) is 10.3. The number of Topliss-reactive ketones (excluding diaryl/α,β-unsaturated/α-hetero) is 1. The van der Waals surface area contributed by atoms with Crippen LogP contribution in [0, 0.1) is 0 Å². The molecule has 6 heteroatoms. The summed E-state index contributed by atoms with van der Waals surface area (Å²) in [6.45, 7) is 2.12. The van der Waals surface area contributed by atoms with Gasteiger partial charge in [-0.25, -0.2) is 4.79 Å². The van der Waals surface area contributed by atoms with Crippen molar-refractivity contribution in [1.82, 2.24) is 0 Å². The van der Waals surface area contributed by atoms with Crippen LogP contribution in [0.4, 0.5) is 0 Å². The fraction of sp³-hybridized carbons (Fsp3) is 0.385. The molecule has 1 atom stereocenters. The zero-order chi connectivity index (χ0) is 13.6. The van der Waals surface area contributed by atoms with Crippen molar-refractivity contribution in [3.05, 3.63) is 17.7 Å². The number of benzene rings is 1. The lowest BCUT2D eigenvalue weighted by molar-refractivity contribution is -0.154. The van der Waals surface area contributed by atoms with Crippen LogP contribution >= 0.6 is 0 Å². The van der Waals surface area contributed by atoms with E-state index in [1.807, 2.05) is 0 Å². The second-order valence-corrected chi connectivity index (χ2v) is 4.70. The van der Waals surface area contributed by atoms with E-state index in [9.17, 15) is 14.7 Å². The van der Waals surface area contributed by atoms with E-state index < -0.39 is 11.6 Å². The largest absolute Gasteiger partial charge is 0.486 e. The van der Waals surface area contributed by atoms with Crippen LogP contribution in [0.3, 0.4) is 0 Å². The topological polar surface area (TPSA) is 82.1 Å². The smallest absolute Gasteiger partial charge is 0.348 e. The van der Waals surface area contributed by atoms with Gasteiger partial charge in [-0.3, -0.25) is 4.79 Å². The fourth-order valence-corrected chi connectivity index (χ4v) is 2.19. The van der Waals surface area contributed by atoms with Crippen LogP contribution in [-0.2, 0) is 4.79 Å². The summed E-state index contributed by atoms with van der Waals surface area (Å²) in [5.41, 5.74) is -1.23. The van der Waals surface area contributed by atoms with E-state index in [2.05, 4.69) is 0 Å². The molecule has 2 aliphatic rings. The van der Waals surface area contributed by atoms with Gasteiger partial charge < -0.3 is 19.3 Å². The number of ketones is 1. The van der Waals surface area contributed by atoms with Crippen LogP contribution in [0.25, 0.3) is 0 Å². The van der Waals surface area contributed by atoms with Gasteiger partial charge in [0.15, 0.2) is 17.3 Å². The van der Waals surface area contributed by atoms with Crippen LogP contribution in [0.1, 0.15) is 23.7 Å². The van der Waals surface area contributed by atoms with Gasteiger partial charge in [-0.2, -0.15) is 0 Å². The maximum absolute atomic E-state index is 12.1. The van der Waals surface area contributed by atoms with Crippen molar-refractivity contribution in [1.29, 1.82) is 0 Å². The molecule has 1 aromatic rings. The minimum Gasteiger partial charge on any atom is -0.486 e. The number of rotatable bonds is 1. The number of carbonyl (C=O) groups is 2. The highest BCUT2D eigenvalue weighted by Crippen LogP contribution is 2.46. The highest BCUT2D eigenvalue weighted by atomic mass is 16.6. The monoisotopic (exact) mass is 264 g/mol. The average Bonchev–Trinajstić information content (AvgIpc) is 2.38. The number of fused-ring (bicyclic) bond motifs is 3. The Morgan fingerprint density at radius 3 is 2.74 bits per heavy atom. The molecule has 1 unspecified atom stereocenters. The van der Waals surface area contributed by atoms with E-state index in [-0.39, 0.29) is 18.0 Å². The molecule has 19 heavy (non-hydrogen) atoms. The van der Waals surface area contributed by atoms with Crippen molar-refractivity contribution in [2.24, 2.45) is 0 Å². The summed E-state index contributed by atoms with van der Waals surface area (Å²) in [6, 6.07) is 3.21. The fourth-order valence-electron chi connectivity index (χ4n) is 2.19. The summed E-state index contributed by atoms with van der Waals surface area (Å²) >= 11 is 0. The Hall–Kier alpha value is -2.24. The lowest BCUT2D eigenvalue weighted by Gasteiger charge is -2.33.